The van der Waals surface area contributed by atoms with Crippen LogP contribution in [0.2, 0.25) is 0 Å². The summed E-state index contributed by atoms with van der Waals surface area (Å²) in [6.07, 6.45) is 0.766. The molecule has 0 saturated carbocycles. The van der Waals surface area contributed by atoms with Gasteiger partial charge >= 0.3 is 5.97 Å². The molecule has 2 heterocycles. The lowest BCUT2D eigenvalue weighted by Crippen LogP contribution is -2.33. The summed E-state index contributed by atoms with van der Waals surface area (Å²) in [5.74, 6) is -1.29. The number of nitrogens with one attached hydrogen (secondary N) is 2. The Morgan fingerprint density at radius 3 is 2.85 bits per heavy atom. The summed E-state index contributed by atoms with van der Waals surface area (Å²) in [5, 5.41) is 14.9. The zero-order valence-corrected chi connectivity index (χ0v) is 12.0. The largest absolute Gasteiger partial charge is 0.476 e. The average molecular weight is 303 g/mol. The van der Waals surface area contributed by atoms with Crippen LogP contribution in [0.3, 0.4) is 0 Å². The minimum absolute atomic E-state index is 0.0120. The fourth-order valence-electron chi connectivity index (χ4n) is 2.23. The minimum Gasteiger partial charge on any atom is -0.476 e. The lowest BCUT2D eigenvalue weighted by Gasteiger charge is -2.14. The Bertz CT molecular complexity index is 610. The zero-order valence-electron chi connectivity index (χ0n) is 11.2. The maximum Gasteiger partial charge on any atom is 0.357 e. The van der Waals surface area contributed by atoms with E-state index in [1.807, 2.05) is 6.92 Å². The van der Waals surface area contributed by atoms with Crippen LogP contribution in [0, 0.1) is 12.8 Å². The molecule has 2 rings (SSSR count). The first-order valence-corrected chi connectivity index (χ1v) is 7.70. The summed E-state index contributed by atoms with van der Waals surface area (Å²) < 4.78 is 32.3. The molecule has 0 amide bonds. The quantitative estimate of drug-likeness (QED) is 0.710. The Labute approximate surface area is 116 Å². The Morgan fingerprint density at radius 1 is 1.60 bits per heavy atom. The molecule has 1 aliphatic rings. The van der Waals surface area contributed by atoms with Gasteiger partial charge in [0.25, 0.3) is 0 Å². The molecule has 0 aromatic carbocycles. The monoisotopic (exact) mass is 303 g/mol. The van der Waals surface area contributed by atoms with Gasteiger partial charge in [-0.05, 0) is 20.3 Å². The van der Waals surface area contributed by atoms with Crippen LogP contribution in [-0.4, -0.2) is 48.9 Å². The highest BCUT2D eigenvalue weighted by atomic mass is 32.2. The molecule has 20 heavy (non-hydrogen) atoms. The van der Waals surface area contributed by atoms with E-state index in [0.717, 1.165) is 6.42 Å². The van der Waals surface area contributed by atoms with E-state index in [1.54, 1.807) is 0 Å². The van der Waals surface area contributed by atoms with E-state index >= 15 is 0 Å². The van der Waals surface area contributed by atoms with Gasteiger partial charge < -0.3 is 9.84 Å². The van der Waals surface area contributed by atoms with Crippen LogP contribution in [-0.2, 0) is 14.8 Å². The molecule has 1 fully saturated rings. The van der Waals surface area contributed by atoms with Gasteiger partial charge in [-0.1, -0.05) is 0 Å². The number of carbonyl (C=O) groups is 1. The van der Waals surface area contributed by atoms with Gasteiger partial charge in [0, 0.05) is 19.1 Å². The average Bonchev–Trinajstić information content (AvgIpc) is 2.93. The number of aromatic nitrogens is 2. The highest BCUT2D eigenvalue weighted by Crippen LogP contribution is 2.22. The number of aromatic amines is 1. The second kappa shape index (κ2) is 5.51. The number of H-pyrrole nitrogens is 1. The van der Waals surface area contributed by atoms with Crippen molar-refractivity contribution in [2.75, 3.05) is 13.2 Å². The first kappa shape index (κ1) is 14.9. The Morgan fingerprint density at radius 2 is 2.30 bits per heavy atom. The number of hydrogen-bond donors (Lipinski definition) is 3. The number of nitrogens with zero attached hydrogens (tertiary/aromatic N) is 1. The Balaban J connectivity index is 2.18. The molecule has 0 bridgehead atoms. The molecule has 9 heteroatoms. The zero-order chi connectivity index (χ0) is 14.9. The third kappa shape index (κ3) is 2.84. The molecule has 2 atom stereocenters. The van der Waals surface area contributed by atoms with E-state index in [-0.39, 0.29) is 29.2 Å². The molecule has 8 nitrogen and oxygen atoms in total. The van der Waals surface area contributed by atoms with Crippen molar-refractivity contribution in [2.45, 2.75) is 31.3 Å². The number of sulfonamides is 1. The molecule has 2 unspecified atom stereocenters. The highest BCUT2D eigenvalue weighted by Gasteiger charge is 2.30. The molecule has 1 saturated heterocycles. The lowest BCUT2D eigenvalue weighted by molar-refractivity contribution is 0.0686. The maximum atomic E-state index is 12.2. The third-order valence-electron chi connectivity index (χ3n) is 3.43. The second-order valence-electron chi connectivity index (χ2n) is 4.81. The number of rotatable bonds is 5. The van der Waals surface area contributed by atoms with Crippen LogP contribution >= 0.6 is 0 Å². The molecule has 0 aliphatic carbocycles. The summed E-state index contributed by atoms with van der Waals surface area (Å²) in [7, 11) is -3.91. The second-order valence-corrected chi connectivity index (χ2v) is 6.51. The smallest absolute Gasteiger partial charge is 0.357 e. The number of aromatic carboxylic acids is 1. The standard InChI is InChI=1S/C11H17N3O5S/c1-6-10(9(11(15)16)14-13-6)20(17,18)12-5-8-3-4-19-7(8)2/h7-8,12H,3-5H2,1-2H3,(H,13,14)(H,15,16). The normalized spacial score (nSPS) is 23.1. The Kier molecular flexibility index (Phi) is 4.11. The van der Waals surface area contributed by atoms with Crippen LogP contribution in [0.4, 0.5) is 0 Å². The van der Waals surface area contributed by atoms with Gasteiger partial charge in [0.1, 0.15) is 4.90 Å². The van der Waals surface area contributed by atoms with Crippen molar-refractivity contribution in [3.63, 3.8) is 0 Å². The highest BCUT2D eigenvalue weighted by molar-refractivity contribution is 7.89. The lowest BCUT2D eigenvalue weighted by atomic mass is 10.0. The molecular weight excluding hydrogens is 286 g/mol. The van der Waals surface area contributed by atoms with Gasteiger partial charge in [0.15, 0.2) is 5.69 Å². The van der Waals surface area contributed by atoms with Crippen LogP contribution in [0.1, 0.15) is 29.5 Å². The van der Waals surface area contributed by atoms with Crippen LogP contribution in [0.5, 0.6) is 0 Å². The van der Waals surface area contributed by atoms with E-state index in [4.69, 9.17) is 9.84 Å². The maximum absolute atomic E-state index is 12.2. The predicted octanol–water partition coefficient (Wildman–Crippen LogP) is 0.120. The van der Waals surface area contributed by atoms with Crippen molar-refractivity contribution in [1.82, 2.24) is 14.9 Å². The van der Waals surface area contributed by atoms with Gasteiger partial charge in [-0.3, -0.25) is 5.10 Å². The van der Waals surface area contributed by atoms with Crippen molar-refractivity contribution < 1.29 is 23.1 Å². The predicted molar refractivity (Wildman–Crippen MR) is 69.0 cm³/mol. The number of carboxylic acids is 1. The molecule has 0 radical (unpaired) electrons. The summed E-state index contributed by atoms with van der Waals surface area (Å²) in [4.78, 5) is 10.7. The van der Waals surface area contributed by atoms with Crippen molar-refractivity contribution in [3.05, 3.63) is 11.4 Å². The van der Waals surface area contributed by atoms with Crippen LogP contribution in [0.25, 0.3) is 0 Å². The van der Waals surface area contributed by atoms with Crippen molar-refractivity contribution in [2.24, 2.45) is 5.92 Å². The molecule has 112 valence electrons. The minimum atomic E-state index is -3.91. The van der Waals surface area contributed by atoms with E-state index in [2.05, 4.69) is 14.9 Å². The van der Waals surface area contributed by atoms with Gasteiger partial charge in [0.05, 0.1) is 11.8 Å². The number of aryl methyl sites for hydroxylation is 1. The fraction of sp³-hybridized carbons (Fsp3) is 0.636. The van der Waals surface area contributed by atoms with Crippen molar-refractivity contribution >= 4 is 16.0 Å². The topological polar surface area (TPSA) is 121 Å². The number of ether oxygens (including phenoxy) is 1. The summed E-state index contributed by atoms with van der Waals surface area (Å²) in [5.41, 5.74) is -0.295. The summed E-state index contributed by atoms with van der Waals surface area (Å²) in [6.45, 7) is 4.18. The SMILES string of the molecule is Cc1[nH]nc(C(=O)O)c1S(=O)(=O)NCC1CCOC1C. The van der Waals surface area contributed by atoms with E-state index in [9.17, 15) is 13.2 Å². The van der Waals surface area contributed by atoms with Gasteiger partial charge in [-0.15, -0.1) is 0 Å². The number of carboxylic acid groups (broad SMARTS) is 1. The van der Waals surface area contributed by atoms with Crippen LogP contribution in [0.15, 0.2) is 4.90 Å². The molecule has 1 aromatic rings. The fourth-order valence-corrected chi connectivity index (χ4v) is 3.64. The molecule has 1 aliphatic heterocycles. The first-order chi connectivity index (χ1) is 9.33. The molecule has 1 aromatic heterocycles. The van der Waals surface area contributed by atoms with Crippen LogP contribution < -0.4 is 4.72 Å². The third-order valence-corrected chi connectivity index (χ3v) is 5.01. The van der Waals surface area contributed by atoms with E-state index < -0.39 is 21.7 Å². The number of hydrogen-bond acceptors (Lipinski definition) is 5. The summed E-state index contributed by atoms with van der Waals surface area (Å²) in [6, 6.07) is 0. The van der Waals surface area contributed by atoms with E-state index in [0.29, 0.717) is 6.61 Å². The molecular formula is C11H17N3O5S. The van der Waals surface area contributed by atoms with E-state index in [1.165, 1.54) is 6.92 Å². The van der Waals surface area contributed by atoms with Crippen molar-refractivity contribution in [1.29, 1.82) is 0 Å². The summed E-state index contributed by atoms with van der Waals surface area (Å²) >= 11 is 0. The first-order valence-electron chi connectivity index (χ1n) is 6.22. The van der Waals surface area contributed by atoms with Crippen molar-refractivity contribution in [3.8, 4) is 0 Å². The molecule has 0 spiro atoms. The Hall–Kier alpha value is -1.45. The van der Waals surface area contributed by atoms with Gasteiger partial charge in [-0.25, -0.2) is 17.9 Å². The van der Waals surface area contributed by atoms with Gasteiger partial charge in [0.2, 0.25) is 10.0 Å². The molecule has 3 N–H and O–H groups in total. The van der Waals surface area contributed by atoms with Gasteiger partial charge in [-0.2, -0.15) is 5.10 Å².